The maximum absolute atomic E-state index is 10.9. The van der Waals surface area contributed by atoms with Gasteiger partial charge in [-0.15, -0.1) is 23.1 Å². The van der Waals surface area contributed by atoms with Crippen molar-refractivity contribution in [2.75, 3.05) is 5.75 Å². The number of thioether (sulfide) groups is 1. The molecule has 3 rings (SSSR count). The molecule has 0 aromatic carbocycles. The Balaban J connectivity index is 2.00. The van der Waals surface area contributed by atoms with Crippen molar-refractivity contribution in [2.45, 2.75) is 44.1 Å². The van der Waals surface area contributed by atoms with Gasteiger partial charge < -0.3 is 5.73 Å². The molecule has 0 spiro atoms. The fraction of sp³-hybridized carbons (Fsp3) is 0.500. The molecule has 106 valence electrons. The summed E-state index contributed by atoms with van der Waals surface area (Å²) in [5.41, 5.74) is 6.65. The van der Waals surface area contributed by atoms with Gasteiger partial charge in [0.1, 0.15) is 15.7 Å². The van der Waals surface area contributed by atoms with Crippen molar-refractivity contribution in [3.05, 3.63) is 16.3 Å². The van der Waals surface area contributed by atoms with E-state index >= 15 is 0 Å². The normalized spacial score (nSPS) is 14.4. The van der Waals surface area contributed by atoms with Gasteiger partial charge in [-0.1, -0.05) is 0 Å². The molecular weight excluding hydrogens is 290 g/mol. The highest BCUT2D eigenvalue weighted by atomic mass is 32.2. The summed E-state index contributed by atoms with van der Waals surface area (Å²) in [6.07, 6.45) is 5.21. The van der Waals surface area contributed by atoms with E-state index < -0.39 is 0 Å². The summed E-state index contributed by atoms with van der Waals surface area (Å²) >= 11 is 3.44. The number of fused-ring (bicyclic) bond motifs is 3. The van der Waals surface area contributed by atoms with Crippen molar-refractivity contribution >= 4 is 39.2 Å². The zero-order valence-electron chi connectivity index (χ0n) is 11.4. The Morgan fingerprint density at radius 3 is 2.95 bits per heavy atom. The molecule has 1 aliphatic rings. The number of rotatable bonds is 4. The number of thiophene rings is 1. The van der Waals surface area contributed by atoms with Crippen LogP contribution in [0.3, 0.4) is 0 Å². The van der Waals surface area contributed by atoms with Gasteiger partial charge in [0, 0.05) is 22.4 Å². The maximum Gasteiger partial charge on any atom is 0.218 e. The van der Waals surface area contributed by atoms with Gasteiger partial charge in [0.15, 0.2) is 0 Å². The molecule has 0 fully saturated rings. The molecular formula is C14H17N3OS2. The van der Waals surface area contributed by atoms with Gasteiger partial charge >= 0.3 is 0 Å². The highest BCUT2D eigenvalue weighted by Gasteiger charge is 2.20. The number of nitrogens with two attached hydrogens (primary N) is 1. The predicted molar refractivity (Wildman–Crippen MR) is 83.3 cm³/mol. The molecule has 2 aromatic rings. The number of amides is 1. The second-order valence-electron chi connectivity index (χ2n) is 5.03. The van der Waals surface area contributed by atoms with Crippen LogP contribution in [0.5, 0.6) is 0 Å². The van der Waals surface area contributed by atoms with Gasteiger partial charge in [-0.2, -0.15) is 0 Å². The van der Waals surface area contributed by atoms with Crippen LogP contribution in [-0.2, 0) is 17.6 Å². The minimum atomic E-state index is -0.258. The number of aromatic nitrogens is 2. The first-order valence-corrected chi connectivity index (χ1v) is 8.65. The molecule has 2 N–H and O–H groups in total. The van der Waals surface area contributed by atoms with Gasteiger partial charge in [-0.05, 0) is 38.2 Å². The van der Waals surface area contributed by atoms with Gasteiger partial charge in [0.2, 0.25) is 5.91 Å². The molecule has 1 aliphatic carbocycles. The van der Waals surface area contributed by atoms with Crippen LogP contribution in [0.4, 0.5) is 0 Å². The molecule has 0 aliphatic heterocycles. The third-order valence-electron chi connectivity index (χ3n) is 3.48. The third-order valence-corrected chi connectivity index (χ3v) is 5.64. The van der Waals surface area contributed by atoms with Crippen LogP contribution in [0.2, 0.25) is 0 Å². The summed E-state index contributed by atoms with van der Waals surface area (Å²) in [6, 6.07) is 0. The lowest BCUT2D eigenvalue weighted by atomic mass is 9.97. The summed E-state index contributed by atoms with van der Waals surface area (Å²) in [5, 5.41) is 2.25. The van der Waals surface area contributed by atoms with Crippen molar-refractivity contribution < 1.29 is 4.79 Å². The standard InChI is InChI=1S/C14H17N3OS2/c1-8-16-13(19-7-6-11(15)18)12-9-4-2-3-5-10(9)20-14(12)17-8/h2-7H2,1H3,(H2,15,18). The van der Waals surface area contributed by atoms with Gasteiger partial charge in [-0.3, -0.25) is 4.79 Å². The Hall–Kier alpha value is -1.14. The van der Waals surface area contributed by atoms with Crippen molar-refractivity contribution in [1.82, 2.24) is 9.97 Å². The van der Waals surface area contributed by atoms with Gasteiger partial charge in [0.25, 0.3) is 0 Å². The van der Waals surface area contributed by atoms with Crippen molar-refractivity contribution in [2.24, 2.45) is 5.73 Å². The van der Waals surface area contributed by atoms with Crippen LogP contribution in [-0.4, -0.2) is 21.6 Å². The van der Waals surface area contributed by atoms with Crippen LogP contribution in [0, 0.1) is 6.92 Å². The molecule has 0 bridgehead atoms. The van der Waals surface area contributed by atoms with E-state index in [1.165, 1.54) is 35.1 Å². The summed E-state index contributed by atoms with van der Waals surface area (Å²) in [4.78, 5) is 22.6. The number of hydrogen-bond donors (Lipinski definition) is 1. The zero-order chi connectivity index (χ0) is 14.1. The number of primary amides is 1. The predicted octanol–water partition coefficient (Wildman–Crippen LogP) is 2.85. The van der Waals surface area contributed by atoms with Crippen molar-refractivity contribution in [3.63, 3.8) is 0 Å². The summed E-state index contributed by atoms with van der Waals surface area (Å²) in [5.74, 6) is 1.23. The topological polar surface area (TPSA) is 68.9 Å². The van der Waals surface area contributed by atoms with Gasteiger partial charge in [-0.25, -0.2) is 9.97 Å². The number of hydrogen-bond acceptors (Lipinski definition) is 5. The van der Waals surface area contributed by atoms with E-state index in [-0.39, 0.29) is 5.91 Å². The highest BCUT2D eigenvalue weighted by molar-refractivity contribution is 7.99. The Labute approximate surface area is 126 Å². The second kappa shape index (κ2) is 5.69. The lowest BCUT2D eigenvalue weighted by Gasteiger charge is -2.11. The molecule has 2 heterocycles. The highest BCUT2D eigenvalue weighted by Crippen LogP contribution is 2.39. The van der Waals surface area contributed by atoms with Crippen LogP contribution in [0.25, 0.3) is 10.2 Å². The van der Waals surface area contributed by atoms with Crippen molar-refractivity contribution in [1.29, 1.82) is 0 Å². The Kier molecular flexibility index (Phi) is 3.94. The van der Waals surface area contributed by atoms with E-state index in [4.69, 9.17) is 5.73 Å². The van der Waals surface area contributed by atoms with E-state index in [9.17, 15) is 4.79 Å². The van der Waals surface area contributed by atoms with Crippen molar-refractivity contribution in [3.8, 4) is 0 Å². The fourth-order valence-corrected chi connectivity index (χ4v) is 5.01. The van der Waals surface area contributed by atoms with Gasteiger partial charge in [0.05, 0.1) is 0 Å². The number of carbonyl (C=O) groups excluding carboxylic acids is 1. The number of aryl methyl sites for hydroxylation is 3. The molecule has 0 saturated carbocycles. The molecule has 6 heteroatoms. The molecule has 0 unspecified atom stereocenters. The lowest BCUT2D eigenvalue weighted by molar-refractivity contribution is -0.117. The molecule has 1 amide bonds. The fourth-order valence-electron chi connectivity index (χ4n) is 2.58. The summed E-state index contributed by atoms with van der Waals surface area (Å²) < 4.78 is 0. The zero-order valence-corrected chi connectivity index (χ0v) is 13.1. The molecule has 20 heavy (non-hydrogen) atoms. The van der Waals surface area contributed by atoms with E-state index in [1.807, 2.05) is 18.3 Å². The van der Waals surface area contributed by atoms with Crippen LogP contribution >= 0.6 is 23.1 Å². The largest absolute Gasteiger partial charge is 0.370 e. The molecule has 0 radical (unpaired) electrons. The molecule has 0 atom stereocenters. The summed E-state index contributed by atoms with van der Waals surface area (Å²) in [6.45, 7) is 1.93. The first-order chi connectivity index (χ1) is 9.65. The minimum absolute atomic E-state index is 0.258. The molecule has 2 aromatic heterocycles. The molecule has 4 nitrogen and oxygen atoms in total. The van der Waals surface area contributed by atoms with E-state index in [0.29, 0.717) is 12.2 Å². The summed E-state index contributed by atoms with van der Waals surface area (Å²) in [7, 11) is 0. The smallest absolute Gasteiger partial charge is 0.218 e. The minimum Gasteiger partial charge on any atom is -0.370 e. The number of carbonyl (C=O) groups is 1. The Morgan fingerprint density at radius 1 is 1.35 bits per heavy atom. The SMILES string of the molecule is Cc1nc(SCCC(N)=O)c2c3c(sc2n1)CCCC3. The Morgan fingerprint density at radius 2 is 2.15 bits per heavy atom. The second-order valence-corrected chi connectivity index (χ2v) is 7.20. The first kappa shape index (κ1) is 13.8. The molecule has 0 saturated heterocycles. The van der Waals surface area contributed by atoms with Crippen LogP contribution in [0.15, 0.2) is 5.03 Å². The lowest BCUT2D eigenvalue weighted by Crippen LogP contribution is -2.11. The average Bonchev–Trinajstić information content (AvgIpc) is 2.75. The average molecular weight is 307 g/mol. The maximum atomic E-state index is 10.9. The van der Waals surface area contributed by atoms with E-state index in [1.54, 1.807) is 11.8 Å². The first-order valence-electron chi connectivity index (χ1n) is 6.85. The Bertz CT molecular complexity index is 666. The monoisotopic (exact) mass is 307 g/mol. The van der Waals surface area contributed by atoms with Crippen LogP contribution < -0.4 is 5.73 Å². The van der Waals surface area contributed by atoms with E-state index in [0.717, 1.165) is 22.1 Å². The van der Waals surface area contributed by atoms with Crippen LogP contribution in [0.1, 0.15) is 35.5 Å². The van der Waals surface area contributed by atoms with E-state index in [2.05, 4.69) is 9.97 Å². The quantitative estimate of drug-likeness (QED) is 0.696. The number of nitrogens with zero attached hydrogens (tertiary/aromatic N) is 2. The third kappa shape index (κ3) is 2.67.